The fourth-order valence-corrected chi connectivity index (χ4v) is 3.81. The van der Waals surface area contributed by atoms with E-state index in [0.717, 1.165) is 11.5 Å². The summed E-state index contributed by atoms with van der Waals surface area (Å²) in [5.74, 6) is 2.13. The molecule has 21 heavy (non-hydrogen) atoms. The summed E-state index contributed by atoms with van der Waals surface area (Å²) in [6, 6.07) is 3.85. The molecule has 0 saturated carbocycles. The second-order valence-corrected chi connectivity index (χ2v) is 6.90. The third-order valence-electron chi connectivity index (χ3n) is 2.90. The van der Waals surface area contributed by atoms with Gasteiger partial charge < -0.3 is 15.0 Å². The molecule has 1 aliphatic rings. The van der Waals surface area contributed by atoms with Gasteiger partial charge in [-0.2, -0.15) is 0 Å². The number of nitrogens with one attached hydrogen (secondary N) is 1. The van der Waals surface area contributed by atoms with Gasteiger partial charge in [0.05, 0.1) is 17.7 Å². The van der Waals surface area contributed by atoms with Gasteiger partial charge in [-0.3, -0.25) is 10.1 Å². The Morgan fingerprint density at radius 3 is 2.62 bits per heavy atom. The number of carbonyl (C=O) groups is 1. The quantitative estimate of drug-likeness (QED) is 0.521. The lowest BCUT2D eigenvalue weighted by atomic mass is 10.2. The van der Waals surface area contributed by atoms with Gasteiger partial charge in [0.25, 0.3) is 5.69 Å². The molecule has 1 aromatic carbocycles. The van der Waals surface area contributed by atoms with Crippen LogP contribution in [0, 0.1) is 10.1 Å². The number of ether oxygens (including phenoxy) is 1. The lowest BCUT2D eigenvalue weighted by Gasteiger charge is -2.20. The number of hydrogen-bond acceptors (Lipinski definition) is 6. The second-order valence-electron chi connectivity index (χ2n) is 4.20. The standard InChI is InChI=1S/C12H15N3O4S2/c1-19-11-3-2-9(15(17)18)8-10(11)13-12(16)14-4-6-20-21-7-5-14/h2-3,8H,4-7H2,1H3,(H,13,16). The van der Waals surface area contributed by atoms with Crippen molar-refractivity contribution < 1.29 is 14.5 Å². The molecule has 1 N–H and O–H groups in total. The van der Waals surface area contributed by atoms with Crippen molar-refractivity contribution >= 4 is 39.0 Å². The summed E-state index contributed by atoms with van der Waals surface area (Å²) in [5.41, 5.74) is 0.217. The van der Waals surface area contributed by atoms with Gasteiger partial charge in [0, 0.05) is 36.7 Å². The highest BCUT2D eigenvalue weighted by Gasteiger charge is 2.19. The molecule has 1 aromatic rings. The number of nitro benzene ring substituents is 1. The smallest absolute Gasteiger partial charge is 0.322 e. The van der Waals surface area contributed by atoms with E-state index in [-0.39, 0.29) is 11.7 Å². The summed E-state index contributed by atoms with van der Waals surface area (Å²) in [4.78, 5) is 24.3. The number of non-ortho nitro benzene ring substituents is 1. The van der Waals surface area contributed by atoms with Crippen molar-refractivity contribution in [2.45, 2.75) is 0 Å². The van der Waals surface area contributed by atoms with Gasteiger partial charge in [0.2, 0.25) is 0 Å². The number of urea groups is 1. The largest absolute Gasteiger partial charge is 0.495 e. The summed E-state index contributed by atoms with van der Waals surface area (Å²) < 4.78 is 5.13. The van der Waals surface area contributed by atoms with E-state index >= 15 is 0 Å². The Balaban J connectivity index is 2.14. The minimum Gasteiger partial charge on any atom is -0.495 e. The van der Waals surface area contributed by atoms with Crippen molar-refractivity contribution in [2.75, 3.05) is 37.0 Å². The molecule has 2 amide bonds. The maximum Gasteiger partial charge on any atom is 0.322 e. The van der Waals surface area contributed by atoms with E-state index < -0.39 is 4.92 Å². The van der Waals surface area contributed by atoms with Crippen LogP contribution in [0.25, 0.3) is 0 Å². The number of nitrogens with zero attached hydrogens (tertiary/aromatic N) is 2. The number of rotatable bonds is 3. The molecule has 1 heterocycles. The zero-order valence-corrected chi connectivity index (χ0v) is 13.0. The highest BCUT2D eigenvalue weighted by molar-refractivity contribution is 8.76. The van der Waals surface area contributed by atoms with Crippen LogP contribution >= 0.6 is 21.6 Å². The Morgan fingerprint density at radius 2 is 2.05 bits per heavy atom. The van der Waals surface area contributed by atoms with Gasteiger partial charge in [-0.15, -0.1) is 0 Å². The number of anilines is 1. The number of carbonyl (C=O) groups excluding carboxylic acids is 1. The molecule has 0 radical (unpaired) electrons. The summed E-state index contributed by atoms with van der Waals surface area (Å²) in [5, 5.41) is 13.5. The molecule has 7 nitrogen and oxygen atoms in total. The number of hydrogen-bond donors (Lipinski definition) is 1. The molecular formula is C12H15N3O4S2. The molecular weight excluding hydrogens is 314 g/mol. The van der Waals surface area contributed by atoms with Gasteiger partial charge in [-0.05, 0) is 6.07 Å². The first-order chi connectivity index (χ1) is 10.1. The number of nitro groups is 1. The molecule has 0 aliphatic carbocycles. The monoisotopic (exact) mass is 329 g/mol. The third-order valence-corrected chi connectivity index (χ3v) is 5.26. The maximum atomic E-state index is 12.2. The first-order valence-corrected chi connectivity index (χ1v) is 8.73. The highest BCUT2D eigenvalue weighted by atomic mass is 33.1. The Kier molecular flexibility index (Phi) is 5.57. The van der Waals surface area contributed by atoms with Crippen LogP contribution in [-0.2, 0) is 0 Å². The molecule has 0 spiro atoms. The molecule has 0 unspecified atom stereocenters. The molecule has 1 saturated heterocycles. The van der Waals surface area contributed by atoms with E-state index in [4.69, 9.17) is 4.74 Å². The zero-order valence-electron chi connectivity index (χ0n) is 11.4. The Morgan fingerprint density at radius 1 is 1.38 bits per heavy atom. The van der Waals surface area contributed by atoms with Crippen molar-refractivity contribution in [3.8, 4) is 5.75 Å². The predicted molar refractivity (Wildman–Crippen MR) is 85.2 cm³/mol. The fourth-order valence-electron chi connectivity index (χ4n) is 1.83. The van der Waals surface area contributed by atoms with Crippen LogP contribution in [0.1, 0.15) is 0 Å². The van der Waals surface area contributed by atoms with Crippen molar-refractivity contribution in [3.05, 3.63) is 28.3 Å². The van der Waals surface area contributed by atoms with Gasteiger partial charge in [-0.1, -0.05) is 21.6 Å². The average Bonchev–Trinajstić information content (AvgIpc) is 2.76. The van der Waals surface area contributed by atoms with Crippen molar-refractivity contribution in [1.82, 2.24) is 4.90 Å². The SMILES string of the molecule is COc1ccc([N+](=O)[O-])cc1NC(=O)N1CCSSCC1. The lowest BCUT2D eigenvalue weighted by molar-refractivity contribution is -0.384. The van der Waals surface area contributed by atoms with Crippen LogP contribution < -0.4 is 10.1 Å². The number of methoxy groups -OCH3 is 1. The van der Waals surface area contributed by atoms with Crippen LogP contribution in [-0.4, -0.2) is 47.6 Å². The molecule has 1 fully saturated rings. The van der Waals surface area contributed by atoms with Gasteiger partial charge in [0.15, 0.2) is 0 Å². The van der Waals surface area contributed by atoms with Crippen LogP contribution in [0.4, 0.5) is 16.2 Å². The lowest BCUT2D eigenvalue weighted by Crippen LogP contribution is -2.37. The molecule has 114 valence electrons. The summed E-state index contributed by atoms with van der Waals surface area (Å²) in [6.07, 6.45) is 0. The summed E-state index contributed by atoms with van der Waals surface area (Å²) in [7, 11) is 4.93. The number of amides is 2. The summed E-state index contributed by atoms with van der Waals surface area (Å²) >= 11 is 0. The van der Waals surface area contributed by atoms with Gasteiger partial charge in [0.1, 0.15) is 5.75 Å². The average molecular weight is 329 g/mol. The minimum atomic E-state index is -0.506. The maximum absolute atomic E-state index is 12.2. The van der Waals surface area contributed by atoms with E-state index in [1.54, 1.807) is 26.5 Å². The van der Waals surface area contributed by atoms with E-state index in [2.05, 4.69) is 5.32 Å². The van der Waals surface area contributed by atoms with Gasteiger partial charge >= 0.3 is 6.03 Å². The van der Waals surface area contributed by atoms with Crippen LogP contribution in [0.15, 0.2) is 18.2 Å². The molecule has 2 rings (SSSR count). The molecule has 0 atom stereocenters. The fraction of sp³-hybridized carbons (Fsp3) is 0.417. The Bertz CT molecular complexity index is 533. The topological polar surface area (TPSA) is 84.7 Å². The van der Waals surface area contributed by atoms with E-state index in [1.807, 2.05) is 0 Å². The first kappa shape index (κ1) is 15.8. The van der Waals surface area contributed by atoms with Crippen molar-refractivity contribution in [3.63, 3.8) is 0 Å². The molecule has 9 heteroatoms. The Labute approximate surface area is 129 Å². The third kappa shape index (κ3) is 4.18. The molecule has 1 aliphatic heterocycles. The van der Waals surface area contributed by atoms with E-state index in [0.29, 0.717) is 24.5 Å². The highest BCUT2D eigenvalue weighted by Crippen LogP contribution is 2.29. The Hall–Kier alpha value is -1.61. The first-order valence-electron chi connectivity index (χ1n) is 6.24. The number of benzene rings is 1. The van der Waals surface area contributed by atoms with E-state index in [1.165, 1.54) is 25.3 Å². The van der Waals surface area contributed by atoms with Gasteiger partial charge in [-0.25, -0.2) is 4.79 Å². The van der Waals surface area contributed by atoms with Crippen molar-refractivity contribution in [2.24, 2.45) is 0 Å². The van der Waals surface area contributed by atoms with E-state index in [9.17, 15) is 14.9 Å². The summed E-state index contributed by atoms with van der Waals surface area (Å²) in [6.45, 7) is 1.31. The van der Waals surface area contributed by atoms with Crippen molar-refractivity contribution in [1.29, 1.82) is 0 Å². The van der Waals surface area contributed by atoms with Crippen LogP contribution in [0.5, 0.6) is 5.75 Å². The molecule has 0 aromatic heterocycles. The van der Waals surface area contributed by atoms with Crippen LogP contribution in [0.2, 0.25) is 0 Å². The molecule has 0 bridgehead atoms. The zero-order chi connectivity index (χ0) is 15.2. The second kappa shape index (κ2) is 7.41. The predicted octanol–water partition coefficient (Wildman–Crippen LogP) is 2.83. The normalized spacial score (nSPS) is 15.2. The minimum absolute atomic E-state index is 0.0897. The van der Waals surface area contributed by atoms with Crippen LogP contribution in [0.3, 0.4) is 0 Å².